The second kappa shape index (κ2) is 8.78. The van der Waals surface area contributed by atoms with Gasteiger partial charge in [-0.05, 0) is 12.5 Å². The molecule has 9 heteroatoms. The Kier molecular flexibility index (Phi) is 5.05. The third-order valence-electron chi connectivity index (χ3n) is 4.84. The number of benzene rings is 1. The molecule has 0 aliphatic rings. The minimum atomic E-state index is -0.263. The number of nitrogens with zero attached hydrogens (tertiary/aromatic N) is 6. The van der Waals surface area contributed by atoms with Gasteiger partial charge in [-0.1, -0.05) is 25.1 Å². The molecule has 3 aromatic heterocycles. The van der Waals surface area contributed by atoms with Crippen molar-refractivity contribution in [2.45, 2.75) is 19.8 Å². The summed E-state index contributed by atoms with van der Waals surface area (Å²) < 4.78 is 16.2. The van der Waals surface area contributed by atoms with Gasteiger partial charge in [-0.15, -0.1) is 0 Å². The van der Waals surface area contributed by atoms with E-state index in [0.29, 0.717) is 35.0 Å². The summed E-state index contributed by atoms with van der Waals surface area (Å²) in [7, 11) is 1.57. The predicted octanol–water partition coefficient (Wildman–Crippen LogP) is 2.76. The van der Waals surface area contributed by atoms with Gasteiger partial charge in [0.25, 0.3) is 5.91 Å². The van der Waals surface area contributed by atoms with Crippen LogP contribution >= 0.6 is 0 Å². The highest BCUT2D eigenvalue weighted by Crippen LogP contribution is 2.26. The minimum Gasteiger partial charge on any atom is -0.369 e. The van der Waals surface area contributed by atoms with Crippen molar-refractivity contribution in [1.29, 1.82) is 0 Å². The average molecular weight is 416 g/mol. The van der Waals surface area contributed by atoms with E-state index in [0.717, 1.165) is 11.1 Å². The molecular formula is C22H22N8O. The number of aryl methyl sites for hydroxylation is 1. The summed E-state index contributed by atoms with van der Waals surface area (Å²) in [5, 5.41) is 6.58. The molecule has 1 aromatic carbocycles. The average Bonchev–Trinajstić information content (AvgIpc) is 2.81. The molecule has 0 radical (unpaired) electrons. The van der Waals surface area contributed by atoms with E-state index >= 15 is 0 Å². The third kappa shape index (κ3) is 4.30. The maximum Gasteiger partial charge on any atom is 0.270 e. The molecular weight excluding hydrogens is 392 g/mol. The summed E-state index contributed by atoms with van der Waals surface area (Å²) in [6, 6.07) is 7.37. The molecule has 0 saturated carbocycles. The molecule has 9 nitrogen and oxygen atoms in total. The van der Waals surface area contributed by atoms with Gasteiger partial charge < -0.3 is 10.6 Å². The van der Waals surface area contributed by atoms with Crippen LogP contribution in [0.2, 0.25) is 0 Å². The highest BCUT2D eigenvalue weighted by atomic mass is 16.1. The van der Waals surface area contributed by atoms with Crippen LogP contribution in [0.3, 0.4) is 0 Å². The lowest BCUT2D eigenvalue weighted by Crippen LogP contribution is -2.20. The molecule has 3 heterocycles. The molecule has 0 aliphatic carbocycles. The Labute approximate surface area is 182 Å². The number of nitrogens with one attached hydrogen (secondary N) is 2. The van der Waals surface area contributed by atoms with E-state index < -0.39 is 0 Å². The fraction of sp³-hybridized carbons (Fsp3) is 0.227. The smallest absolute Gasteiger partial charge is 0.270 e. The zero-order valence-corrected chi connectivity index (χ0v) is 17.3. The van der Waals surface area contributed by atoms with E-state index in [9.17, 15) is 4.79 Å². The molecule has 1 atom stereocenters. The lowest BCUT2D eigenvalue weighted by molar-refractivity contribution is 0.0960. The highest BCUT2D eigenvalue weighted by molar-refractivity contribution is 6.04. The van der Waals surface area contributed by atoms with Crippen LogP contribution in [0.4, 0.5) is 5.82 Å². The Balaban J connectivity index is 1.58. The van der Waals surface area contributed by atoms with Gasteiger partial charge in [-0.25, -0.2) is 29.9 Å². The maximum absolute atomic E-state index is 12.2. The molecule has 4 aromatic rings. The second-order valence-corrected chi connectivity index (χ2v) is 6.98. The van der Waals surface area contributed by atoms with Gasteiger partial charge in [-0.3, -0.25) is 4.79 Å². The van der Waals surface area contributed by atoms with Crippen LogP contribution in [0.5, 0.6) is 0 Å². The summed E-state index contributed by atoms with van der Waals surface area (Å²) in [4.78, 5) is 37.2. The molecule has 2 N–H and O–H groups in total. The van der Waals surface area contributed by atoms with Crippen LogP contribution in [0.1, 0.15) is 37.5 Å². The summed E-state index contributed by atoms with van der Waals surface area (Å²) >= 11 is 0. The van der Waals surface area contributed by atoms with Crippen molar-refractivity contribution in [2.24, 2.45) is 0 Å². The summed E-state index contributed by atoms with van der Waals surface area (Å²) in [6.07, 6.45) is 2.68. The summed E-state index contributed by atoms with van der Waals surface area (Å²) in [5.74, 6) is 0.683. The van der Waals surface area contributed by atoms with Crippen molar-refractivity contribution in [3.8, 4) is 11.3 Å². The van der Waals surface area contributed by atoms with Gasteiger partial charge in [0.05, 0.1) is 14.0 Å². The first kappa shape index (κ1) is 17.8. The van der Waals surface area contributed by atoms with Gasteiger partial charge in [-0.2, -0.15) is 0 Å². The first-order chi connectivity index (χ1) is 15.9. The topological polar surface area (TPSA) is 118 Å². The molecule has 1 unspecified atom stereocenters. The monoisotopic (exact) mass is 416 g/mol. The molecule has 0 fully saturated rings. The van der Waals surface area contributed by atoms with Crippen molar-refractivity contribution in [2.75, 3.05) is 18.9 Å². The highest BCUT2D eigenvalue weighted by Gasteiger charge is 2.16. The van der Waals surface area contributed by atoms with Crippen LogP contribution in [0, 0.1) is 6.92 Å². The molecule has 0 spiro atoms. The summed E-state index contributed by atoms with van der Waals surface area (Å²) in [6.45, 7) is 4.22. The Morgan fingerprint density at radius 1 is 1.10 bits per heavy atom. The van der Waals surface area contributed by atoms with E-state index in [1.165, 1.54) is 12.7 Å². The van der Waals surface area contributed by atoms with Crippen molar-refractivity contribution in [1.82, 2.24) is 35.2 Å². The molecule has 0 bridgehead atoms. The molecule has 1 amide bonds. The number of carbonyl (C=O) groups excluding carboxylic acids is 1. The first-order valence-electron chi connectivity index (χ1n) is 10.7. The van der Waals surface area contributed by atoms with E-state index in [1.54, 1.807) is 20.0 Å². The predicted molar refractivity (Wildman–Crippen MR) is 118 cm³/mol. The zero-order chi connectivity index (χ0) is 23.5. The fourth-order valence-corrected chi connectivity index (χ4v) is 3.20. The molecule has 0 aliphatic heterocycles. The number of fused-ring (bicyclic) bond motifs is 1. The Bertz CT molecular complexity index is 1320. The number of rotatable bonds is 6. The SMILES string of the molecule is [2H]c1nc(C)nc([2H])c1-c1cc(NCC(C)c2cccc3c(C(=O)NC)ncnc23)ncn1. The second-order valence-electron chi connectivity index (χ2n) is 6.98. The van der Waals surface area contributed by atoms with Crippen LogP contribution in [-0.2, 0) is 0 Å². The third-order valence-corrected chi connectivity index (χ3v) is 4.84. The van der Waals surface area contributed by atoms with Crippen molar-refractivity contribution < 1.29 is 7.54 Å². The fourth-order valence-electron chi connectivity index (χ4n) is 3.20. The quantitative estimate of drug-likeness (QED) is 0.492. The standard InChI is InChI=1S/C22H22N8O/c1-13(16-5-4-6-17-20(16)29-12-30-21(17)22(31)23-3)8-26-19-7-18(27-11-28-19)15-9-24-14(2)25-10-15/h4-7,9-13H,8H2,1-3H3,(H,23,31)(H,26,27,28)/i9D,10D. The van der Waals surface area contributed by atoms with E-state index in [-0.39, 0.29) is 29.7 Å². The van der Waals surface area contributed by atoms with E-state index in [2.05, 4.69) is 40.5 Å². The normalized spacial score (nSPS) is 12.7. The van der Waals surface area contributed by atoms with Crippen molar-refractivity contribution in [3.05, 3.63) is 66.3 Å². The lowest BCUT2D eigenvalue weighted by atomic mass is 9.97. The number of aromatic nitrogens is 6. The Hall–Kier alpha value is -4.01. The molecule has 0 saturated heterocycles. The number of para-hydroxylation sites is 1. The maximum atomic E-state index is 12.2. The molecule has 4 rings (SSSR count). The van der Waals surface area contributed by atoms with Gasteiger partial charge in [0.1, 0.15) is 30.0 Å². The number of amides is 1. The van der Waals surface area contributed by atoms with Gasteiger partial charge in [0, 0.05) is 48.9 Å². The number of carbonyl (C=O) groups is 1. The number of anilines is 1. The van der Waals surface area contributed by atoms with Gasteiger partial charge >= 0.3 is 0 Å². The zero-order valence-electron chi connectivity index (χ0n) is 19.3. The van der Waals surface area contributed by atoms with Gasteiger partial charge in [0.15, 0.2) is 0 Å². The number of hydrogen-bond acceptors (Lipinski definition) is 8. The molecule has 156 valence electrons. The Morgan fingerprint density at radius 2 is 1.87 bits per heavy atom. The largest absolute Gasteiger partial charge is 0.369 e. The minimum absolute atomic E-state index is 0.0285. The van der Waals surface area contributed by atoms with Crippen molar-refractivity contribution >= 4 is 22.6 Å². The van der Waals surface area contributed by atoms with Crippen LogP contribution in [0.25, 0.3) is 22.2 Å². The number of hydrogen-bond donors (Lipinski definition) is 2. The van der Waals surface area contributed by atoms with Crippen LogP contribution in [0.15, 0.2) is 49.3 Å². The molecule has 31 heavy (non-hydrogen) atoms. The Morgan fingerprint density at radius 3 is 2.65 bits per heavy atom. The van der Waals surface area contributed by atoms with Crippen molar-refractivity contribution in [3.63, 3.8) is 0 Å². The van der Waals surface area contributed by atoms with Gasteiger partial charge in [0.2, 0.25) is 0 Å². The first-order valence-corrected chi connectivity index (χ1v) is 9.72. The summed E-state index contributed by atoms with van der Waals surface area (Å²) in [5.41, 5.74) is 2.69. The van der Waals surface area contributed by atoms with Crippen LogP contribution < -0.4 is 10.6 Å². The lowest BCUT2D eigenvalue weighted by Gasteiger charge is -2.16. The van der Waals surface area contributed by atoms with Crippen LogP contribution in [-0.4, -0.2) is 49.4 Å². The van der Waals surface area contributed by atoms with E-state index in [4.69, 9.17) is 2.74 Å². The van der Waals surface area contributed by atoms with E-state index in [1.807, 2.05) is 25.1 Å².